The molecule has 0 unspecified atom stereocenters. The molecule has 11 heavy (non-hydrogen) atoms. The summed E-state index contributed by atoms with van der Waals surface area (Å²) in [4.78, 5) is 10.3. The predicted octanol–water partition coefficient (Wildman–Crippen LogP) is 0.482. The number of nitrogens with zero attached hydrogens (tertiary/aromatic N) is 1. The Morgan fingerprint density at radius 1 is 1.82 bits per heavy atom. The molecule has 4 heteroatoms. The van der Waals surface area contributed by atoms with Crippen molar-refractivity contribution >= 4 is 12.0 Å². The molecular weight excluding hydrogens is 144 g/mol. The minimum atomic E-state index is -0.495. The van der Waals surface area contributed by atoms with Gasteiger partial charge in [-0.2, -0.15) is 0 Å². The largest absolute Gasteiger partial charge is 0.366 e. The van der Waals surface area contributed by atoms with Crippen molar-refractivity contribution in [1.29, 1.82) is 0 Å². The summed E-state index contributed by atoms with van der Waals surface area (Å²) >= 11 is 0. The van der Waals surface area contributed by atoms with Crippen LogP contribution in [-0.4, -0.2) is 11.1 Å². The van der Waals surface area contributed by atoms with Gasteiger partial charge in [-0.15, -0.1) is 0 Å². The Balaban J connectivity index is 2.71. The summed E-state index contributed by atoms with van der Waals surface area (Å²) in [5.74, 6) is 0.208. The van der Waals surface area contributed by atoms with Crippen LogP contribution in [0, 0.1) is 6.92 Å². The van der Waals surface area contributed by atoms with Crippen molar-refractivity contribution in [2.45, 2.75) is 6.92 Å². The van der Waals surface area contributed by atoms with E-state index in [1.807, 2.05) is 0 Å². The summed E-state index contributed by atoms with van der Waals surface area (Å²) < 4.78 is 4.74. The summed E-state index contributed by atoms with van der Waals surface area (Å²) in [7, 11) is 0. The molecule has 0 saturated carbocycles. The van der Waals surface area contributed by atoms with Crippen molar-refractivity contribution in [1.82, 2.24) is 5.16 Å². The maximum absolute atomic E-state index is 10.3. The Hall–Kier alpha value is -1.58. The number of aryl methyl sites for hydroxylation is 1. The predicted molar refractivity (Wildman–Crippen MR) is 39.5 cm³/mol. The number of carbonyl (C=O) groups excluding carboxylic acids is 1. The molecule has 0 radical (unpaired) electrons. The first-order chi connectivity index (χ1) is 5.18. The van der Waals surface area contributed by atoms with E-state index in [2.05, 4.69) is 5.16 Å². The second-order valence-corrected chi connectivity index (χ2v) is 2.10. The molecule has 1 rings (SSSR count). The molecule has 1 heterocycles. The number of hydrogen-bond acceptors (Lipinski definition) is 3. The third kappa shape index (κ3) is 2.25. The van der Waals surface area contributed by atoms with E-state index >= 15 is 0 Å². The third-order valence-electron chi connectivity index (χ3n) is 1.06. The Bertz CT molecular complexity index is 288. The van der Waals surface area contributed by atoms with E-state index in [0.29, 0.717) is 11.5 Å². The van der Waals surface area contributed by atoms with Gasteiger partial charge in [0.05, 0.1) is 0 Å². The molecule has 0 aliphatic rings. The fraction of sp³-hybridized carbons (Fsp3) is 0.143. The zero-order valence-corrected chi connectivity index (χ0v) is 6.07. The van der Waals surface area contributed by atoms with E-state index < -0.39 is 5.91 Å². The van der Waals surface area contributed by atoms with Crippen molar-refractivity contribution in [2.75, 3.05) is 0 Å². The Morgan fingerprint density at radius 3 is 3.00 bits per heavy atom. The minimum Gasteiger partial charge on any atom is -0.366 e. The van der Waals surface area contributed by atoms with Gasteiger partial charge < -0.3 is 10.3 Å². The normalized spacial score (nSPS) is 10.6. The fourth-order valence-electron chi connectivity index (χ4n) is 0.632. The monoisotopic (exact) mass is 152 g/mol. The van der Waals surface area contributed by atoms with Gasteiger partial charge in [-0.1, -0.05) is 5.16 Å². The molecule has 1 aromatic heterocycles. The van der Waals surface area contributed by atoms with Crippen LogP contribution in [0.2, 0.25) is 0 Å². The topological polar surface area (TPSA) is 69.1 Å². The molecule has 0 spiro atoms. The van der Waals surface area contributed by atoms with Gasteiger partial charge in [0.2, 0.25) is 5.91 Å². The Morgan fingerprint density at radius 2 is 2.55 bits per heavy atom. The van der Waals surface area contributed by atoms with Crippen LogP contribution in [0.3, 0.4) is 0 Å². The summed E-state index contributed by atoms with van der Waals surface area (Å²) in [6.45, 7) is 1.77. The molecule has 1 amide bonds. The van der Waals surface area contributed by atoms with E-state index in [9.17, 15) is 4.79 Å². The molecule has 1 aromatic rings. The van der Waals surface area contributed by atoms with Gasteiger partial charge >= 0.3 is 0 Å². The molecule has 2 N–H and O–H groups in total. The van der Waals surface area contributed by atoms with Crippen LogP contribution in [0.4, 0.5) is 0 Å². The molecule has 0 aliphatic carbocycles. The van der Waals surface area contributed by atoms with Crippen molar-refractivity contribution < 1.29 is 9.32 Å². The highest BCUT2D eigenvalue weighted by Gasteiger charge is 1.94. The lowest BCUT2D eigenvalue weighted by Gasteiger charge is -1.77. The molecule has 4 nitrogen and oxygen atoms in total. The van der Waals surface area contributed by atoms with E-state index in [-0.39, 0.29) is 0 Å². The first kappa shape index (κ1) is 7.53. The smallest absolute Gasteiger partial charge is 0.241 e. The average Bonchev–Trinajstić information content (AvgIpc) is 2.31. The highest BCUT2D eigenvalue weighted by Crippen LogP contribution is 2.02. The summed E-state index contributed by atoms with van der Waals surface area (Å²) in [6, 6.07) is 1.71. The molecule has 0 aromatic carbocycles. The third-order valence-corrected chi connectivity index (χ3v) is 1.06. The van der Waals surface area contributed by atoms with Gasteiger partial charge in [-0.25, -0.2) is 0 Å². The summed E-state index contributed by atoms with van der Waals surface area (Å²) in [5, 5.41) is 3.62. The van der Waals surface area contributed by atoms with E-state index in [1.165, 1.54) is 12.2 Å². The number of rotatable bonds is 2. The summed E-state index contributed by atoms with van der Waals surface area (Å²) in [5.41, 5.74) is 5.46. The molecule has 0 atom stereocenters. The van der Waals surface area contributed by atoms with Crippen LogP contribution in [0.15, 0.2) is 16.7 Å². The number of carbonyl (C=O) groups is 1. The fourth-order valence-corrected chi connectivity index (χ4v) is 0.632. The quantitative estimate of drug-likeness (QED) is 0.626. The number of aromatic nitrogens is 1. The van der Waals surface area contributed by atoms with Crippen LogP contribution >= 0.6 is 0 Å². The molecule has 0 bridgehead atoms. The van der Waals surface area contributed by atoms with Crippen molar-refractivity contribution in [2.24, 2.45) is 5.73 Å². The van der Waals surface area contributed by atoms with Crippen LogP contribution in [0.5, 0.6) is 0 Å². The SMILES string of the molecule is Cc1cc(/C=C/C(N)=O)no1. The number of primary amides is 1. The van der Waals surface area contributed by atoms with Gasteiger partial charge in [0.1, 0.15) is 11.5 Å². The van der Waals surface area contributed by atoms with Gasteiger partial charge in [-0.3, -0.25) is 4.79 Å². The minimum absolute atomic E-state index is 0.495. The lowest BCUT2D eigenvalue weighted by molar-refractivity contribution is -0.113. The molecule has 0 aliphatic heterocycles. The second-order valence-electron chi connectivity index (χ2n) is 2.10. The van der Waals surface area contributed by atoms with Crippen molar-refractivity contribution in [3.05, 3.63) is 23.6 Å². The molecular formula is C7H8N2O2. The standard InChI is InChI=1S/C7H8N2O2/c1-5-4-6(9-11-5)2-3-7(8)10/h2-4H,1H3,(H2,8,10)/b3-2+. The summed E-state index contributed by atoms with van der Waals surface area (Å²) in [6.07, 6.45) is 2.73. The van der Waals surface area contributed by atoms with Crippen LogP contribution < -0.4 is 5.73 Å². The van der Waals surface area contributed by atoms with Crippen molar-refractivity contribution in [3.63, 3.8) is 0 Å². The first-order valence-corrected chi connectivity index (χ1v) is 3.09. The van der Waals surface area contributed by atoms with Crippen LogP contribution in [0.25, 0.3) is 6.08 Å². The van der Waals surface area contributed by atoms with Gasteiger partial charge in [0, 0.05) is 12.1 Å². The molecule has 0 saturated heterocycles. The maximum Gasteiger partial charge on any atom is 0.241 e. The molecule has 58 valence electrons. The van der Waals surface area contributed by atoms with Crippen molar-refractivity contribution in [3.8, 4) is 0 Å². The van der Waals surface area contributed by atoms with Gasteiger partial charge in [0.15, 0.2) is 0 Å². The van der Waals surface area contributed by atoms with E-state index in [1.54, 1.807) is 13.0 Å². The Labute approximate surface area is 63.7 Å². The zero-order chi connectivity index (χ0) is 8.27. The Kier molecular flexibility index (Phi) is 2.06. The molecule has 0 fully saturated rings. The zero-order valence-electron chi connectivity index (χ0n) is 6.07. The van der Waals surface area contributed by atoms with Crippen LogP contribution in [0.1, 0.15) is 11.5 Å². The highest BCUT2D eigenvalue weighted by molar-refractivity contribution is 5.89. The number of hydrogen-bond donors (Lipinski definition) is 1. The van der Waals surface area contributed by atoms with Gasteiger partial charge in [0.25, 0.3) is 0 Å². The number of nitrogens with two attached hydrogens (primary N) is 1. The highest BCUT2D eigenvalue weighted by atomic mass is 16.5. The van der Waals surface area contributed by atoms with E-state index in [0.717, 1.165) is 0 Å². The maximum atomic E-state index is 10.3. The lowest BCUT2D eigenvalue weighted by atomic mass is 10.3. The first-order valence-electron chi connectivity index (χ1n) is 3.09. The van der Waals surface area contributed by atoms with Gasteiger partial charge in [-0.05, 0) is 13.0 Å². The van der Waals surface area contributed by atoms with E-state index in [4.69, 9.17) is 10.3 Å². The lowest BCUT2D eigenvalue weighted by Crippen LogP contribution is -2.05. The van der Waals surface area contributed by atoms with Crippen LogP contribution in [-0.2, 0) is 4.79 Å². The number of amides is 1. The average molecular weight is 152 g/mol. The second kappa shape index (κ2) is 3.01.